The zero-order valence-corrected chi connectivity index (χ0v) is 7.42. The molecule has 0 bridgehead atoms. The van der Waals surface area contributed by atoms with Crippen molar-refractivity contribution in [2.75, 3.05) is 7.11 Å². The number of ketones is 1. The highest BCUT2D eigenvalue weighted by Gasteiger charge is 2.14. The van der Waals surface area contributed by atoms with Crippen molar-refractivity contribution in [3.05, 3.63) is 17.0 Å². The van der Waals surface area contributed by atoms with Gasteiger partial charge in [-0.3, -0.25) is 4.79 Å². The molecule has 64 valence electrons. The Balaban J connectivity index is 3.29. The van der Waals surface area contributed by atoms with Crippen LogP contribution in [0.5, 0.6) is 5.88 Å². The van der Waals surface area contributed by atoms with Gasteiger partial charge in [0.1, 0.15) is 17.0 Å². The Bertz CT molecular complexity index is 314. The molecule has 0 saturated carbocycles. The number of nitrogens with zero attached hydrogens (tertiary/aromatic N) is 2. The molecule has 1 heterocycles. The van der Waals surface area contributed by atoms with Gasteiger partial charge >= 0.3 is 0 Å². The molecule has 0 aromatic carbocycles. The van der Waals surface area contributed by atoms with E-state index < -0.39 is 0 Å². The first kappa shape index (κ1) is 8.93. The van der Waals surface area contributed by atoms with E-state index in [4.69, 9.17) is 16.3 Å². The number of methoxy groups -OCH3 is 1. The summed E-state index contributed by atoms with van der Waals surface area (Å²) in [6.45, 7) is 1.38. The van der Waals surface area contributed by atoms with Crippen molar-refractivity contribution in [1.82, 2.24) is 9.97 Å². The average molecular weight is 187 g/mol. The van der Waals surface area contributed by atoms with Gasteiger partial charge in [0, 0.05) is 0 Å². The minimum atomic E-state index is -0.211. The molecule has 0 N–H and O–H groups in total. The fourth-order valence-electron chi connectivity index (χ4n) is 0.800. The summed E-state index contributed by atoms with van der Waals surface area (Å²) in [4.78, 5) is 18.4. The van der Waals surface area contributed by atoms with E-state index >= 15 is 0 Å². The van der Waals surface area contributed by atoms with E-state index in [0.717, 1.165) is 0 Å². The molecule has 0 atom stereocenters. The van der Waals surface area contributed by atoms with Crippen molar-refractivity contribution in [3.63, 3.8) is 0 Å². The summed E-state index contributed by atoms with van der Waals surface area (Å²) < 4.78 is 4.83. The molecular formula is C7H7ClN2O2. The minimum absolute atomic E-state index is 0.120. The summed E-state index contributed by atoms with van der Waals surface area (Å²) in [5.74, 6) is -0.0000463. The SMILES string of the molecule is COc1ncnc(Cl)c1C(C)=O. The first-order chi connectivity index (χ1) is 5.66. The molecule has 4 nitrogen and oxygen atoms in total. The molecule has 0 aliphatic heterocycles. The minimum Gasteiger partial charge on any atom is -0.480 e. The summed E-state index contributed by atoms with van der Waals surface area (Å²) in [7, 11) is 1.42. The van der Waals surface area contributed by atoms with Gasteiger partial charge in [-0.1, -0.05) is 11.6 Å². The standard InChI is InChI=1S/C7H7ClN2O2/c1-4(11)5-6(8)9-3-10-7(5)12-2/h3H,1-2H3. The highest BCUT2D eigenvalue weighted by atomic mass is 35.5. The normalized spacial score (nSPS) is 9.58. The number of hydrogen-bond acceptors (Lipinski definition) is 4. The van der Waals surface area contributed by atoms with Gasteiger partial charge in [0.05, 0.1) is 7.11 Å². The second kappa shape index (κ2) is 3.49. The van der Waals surface area contributed by atoms with Crippen LogP contribution in [0.2, 0.25) is 5.15 Å². The van der Waals surface area contributed by atoms with Gasteiger partial charge in [0.15, 0.2) is 5.78 Å². The number of halogens is 1. The van der Waals surface area contributed by atoms with Crippen LogP contribution in [-0.2, 0) is 0 Å². The van der Waals surface area contributed by atoms with Crippen LogP contribution >= 0.6 is 11.6 Å². The number of carbonyl (C=O) groups excluding carboxylic acids is 1. The second-order valence-corrected chi connectivity index (χ2v) is 2.46. The van der Waals surface area contributed by atoms with Gasteiger partial charge in [-0.2, -0.15) is 0 Å². The average Bonchev–Trinajstić information content (AvgIpc) is 2.03. The van der Waals surface area contributed by atoms with E-state index in [2.05, 4.69) is 9.97 Å². The summed E-state index contributed by atoms with van der Waals surface area (Å²) in [5.41, 5.74) is 0.224. The fraction of sp³-hybridized carbons (Fsp3) is 0.286. The number of aromatic nitrogens is 2. The molecule has 0 spiro atoms. The molecular weight excluding hydrogens is 180 g/mol. The Kier molecular flexibility index (Phi) is 2.60. The molecule has 0 unspecified atom stereocenters. The summed E-state index contributed by atoms with van der Waals surface area (Å²) in [5, 5.41) is 0.120. The lowest BCUT2D eigenvalue weighted by atomic mass is 10.2. The third kappa shape index (κ3) is 1.53. The van der Waals surface area contributed by atoms with Gasteiger partial charge in [-0.05, 0) is 6.92 Å². The largest absolute Gasteiger partial charge is 0.480 e. The van der Waals surface area contributed by atoms with Crippen LogP contribution in [-0.4, -0.2) is 22.9 Å². The van der Waals surface area contributed by atoms with Crippen molar-refractivity contribution in [2.45, 2.75) is 6.92 Å². The summed E-state index contributed by atoms with van der Waals surface area (Å²) in [6, 6.07) is 0. The maximum atomic E-state index is 11.0. The van der Waals surface area contributed by atoms with Crippen molar-refractivity contribution in [1.29, 1.82) is 0 Å². The molecule has 0 fully saturated rings. The molecule has 5 heteroatoms. The van der Waals surface area contributed by atoms with E-state index in [1.807, 2.05) is 0 Å². The number of ether oxygens (including phenoxy) is 1. The van der Waals surface area contributed by atoms with E-state index in [0.29, 0.717) is 0 Å². The van der Waals surface area contributed by atoms with Gasteiger partial charge < -0.3 is 4.74 Å². The van der Waals surface area contributed by atoms with E-state index in [1.54, 1.807) is 0 Å². The molecule has 0 saturated heterocycles. The Labute approximate surface area is 74.5 Å². The maximum Gasteiger partial charge on any atom is 0.228 e. The number of hydrogen-bond donors (Lipinski definition) is 0. The van der Waals surface area contributed by atoms with Gasteiger partial charge in [-0.15, -0.1) is 0 Å². The molecule has 1 aromatic rings. The molecule has 0 radical (unpaired) electrons. The lowest BCUT2D eigenvalue weighted by Crippen LogP contribution is -2.02. The van der Waals surface area contributed by atoms with Gasteiger partial charge in [-0.25, -0.2) is 9.97 Å². The summed E-state index contributed by atoms with van der Waals surface area (Å²) >= 11 is 5.65. The van der Waals surface area contributed by atoms with Crippen LogP contribution < -0.4 is 4.74 Å². The maximum absolute atomic E-state index is 11.0. The third-order valence-electron chi connectivity index (χ3n) is 1.31. The van der Waals surface area contributed by atoms with Crippen molar-refractivity contribution >= 4 is 17.4 Å². The van der Waals surface area contributed by atoms with Gasteiger partial charge in [0.2, 0.25) is 5.88 Å². The number of Topliss-reactive ketones (excluding diaryl/α,β-unsaturated/α-hetero) is 1. The highest BCUT2D eigenvalue weighted by Crippen LogP contribution is 2.21. The molecule has 1 aromatic heterocycles. The molecule has 12 heavy (non-hydrogen) atoms. The Morgan fingerprint density at radius 1 is 1.58 bits per heavy atom. The van der Waals surface area contributed by atoms with E-state index in [9.17, 15) is 4.79 Å². The van der Waals surface area contributed by atoms with Crippen LogP contribution in [0, 0.1) is 0 Å². The van der Waals surface area contributed by atoms with E-state index in [-0.39, 0.29) is 22.4 Å². The monoisotopic (exact) mass is 186 g/mol. The van der Waals surface area contributed by atoms with Crippen LogP contribution in [0.1, 0.15) is 17.3 Å². The Hall–Kier alpha value is -1.16. The van der Waals surface area contributed by atoms with Crippen LogP contribution in [0.25, 0.3) is 0 Å². The molecule has 0 aliphatic rings. The van der Waals surface area contributed by atoms with Crippen molar-refractivity contribution < 1.29 is 9.53 Å². The third-order valence-corrected chi connectivity index (χ3v) is 1.60. The molecule has 0 amide bonds. The number of rotatable bonds is 2. The fourth-order valence-corrected chi connectivity index (χ4v) is 1.06. The predicted octanol–water partition coefficient (Wildman–Crippen LogP) is 1.34. The second-order valence-electron chi connectivity index (χ2n) is 2.10. The van der Waals surface area contributed by atoms with Gasteiger partial charge in [0.25, 0.3) is 0 Å². The Morgan fingerprint density at radius 2 is 2.25 bits per heavy atom. The number of carbonyl (C=O) groups is 1. The molecule has 0 aliphatic carbocycles. The Morgan fingerprint density at radius 3 is 2.67 bits per heavy atom. The highest BCUT2D eigenvalue weighted by molar-refractivity contribution is 6.32. The lowest BCUT2D eigenvalue weighted by Gasteiger charge is -2.03. The molecule has 1 rings (SSSR count). The topological polar surface area (TPSA) is 52.1 Å². The zero-order valence-electron chi connectivity index (χ0n) is 6.67. The first-order valence-electron chi connectivity index (χ1n) is 3.22. The van der Waals surface area contributed by atoms with Crippen LogP contribution in [0.3, 0.4) is 0 Å². The lowest BCUT2D eigenvalue weighted by molar-refractivity contribution is 0.101. The smallest absolute Gasteiger partial charge is 0.228 e. The van der Waals surface area contributed by atoms with E-state index in [1.165, 1.54) is 20.4 Å². The first-order valence-corrected chi connectivity index (χ1v) is 3.60. The van der Waals surface area contributed by atoms with Crippen molar-refractivity contribution in [3.8, 4) is 5.88 Å². The van der Waals surface area contributed by atoms with Crippen molar-refractivity contribution in [2.24, 2.45) is 0 Å². The quantitative estimate of drug-likeness (QED) is 0.517. The predicted molar refractivity (Wildman–Crippen MR) is 43.6 cm³/mol. The zero-order chi connectivity index (χ0) is 9.14. The van der Waals surface area contributed by atoms with Crippen LogP contribution in [0.15, 0.2) is 6.33 Å². The van der Waals surface area contributed by atoms with Crippen LogP contribution in [0.4, 0.5) is 0 Å². The summed E-state index contributed by atoms with van der Waals surface area (Å²) in [6.07, 6.45) is 1.24.